The summed E-state index contributed by atoms with van der Waals surface area (Å²) in [5.41, 5.74) is -0.316. The maximum atomic E-state index is 14.8. The smallest absolute Gasteiger partial charge is 0.301 e. The Labute approximate surface area is 164 Å². The van der Waals surface area contributed by atoms with Crippen molar-refractivity contribution in [3.8, 4) is 0 Å². The molecule has 2 aromatic heterocycles. The van der Waals surface area contributed by atoms with E-state index in [1.54, 1.807) is 0 Å². The fourth-order valence-corrected chi connectivity index (χ4v) is 4.32. The molecule has 0 radical (unpaired) electrons. The minimum atomic E-state index is -3.98. The van der Waals surface area contributed by atoms with E-state index < -0.39 is 39.1 Å². The van der Waals surface area contributed by atoms with Crippen LogP contribution in [0.15, 0.2) is 30.7 Å². The van der Waals surface area contributed by atoms with Crippen molar-refractivity contribution in [2.75, 3.05) is 23.1 Å². The first-order valence-electron chi connectivity index (χ1n) is 8.71. The summed E-state index contributed by atoms with van der Waals surface area (Å²) in [6, 6.07) is 3.27. The van der Waals surface area contributed by atoms with Crippen LogP contribution in [0, 0.1) is 11.6 Å². The average Bonchev–Trinajstić information content (AvgIpc) is 3.38. The topological polar surface area (TPSA) is 120 Å². The van der Waals surface area contributed by atoms with Crippen LogP contribution in [0.1, 0.15) is 23.2 Å². The van der Waals surface area contributed by atoms with Gasteiger partial charge < -0.3 is 10.3 Å². The lowest BCUT2D eigenvalue weighted by Crippen LogP contribution is -2.33. The maximum Gasteiger partial charge on any atom is 0.301 e. The molecule has 1 aliphatic rings. The molecule has 9 nitrogen and oxygen atoms in total. The molecular formula is C17H16F2N6O3S. The number of nitrogens with zero attached hydrogens (tertiary/aromatic N) is 3. The Bertz CT molecular complexity index is 1190. The van der Waals surface area contributed by atoms with E-state index in [0.717, 1.165) is 12.1 Å². The highest BCUT2D eigenvalue weighted by Gasteiger charge is 2.27. The number of anilines is 2. The molecule has 0 aliphatic carbocycles. The summed E-state index contributed by atoms with van der Waals surface area (Å²) in [5, 5.41) is 2.14. The van der Waals surface area contributed by atoms with Gasteiger partial charge in [0.15, 0.2) is 11.5 Å². The number of aromatic nitrogens is 3. The van der Waals surface area contributed by atoms with Gasteiger partial charge in [0.25, 0.3) is 5.91 Å². The molecule has 1 saturated heterocycles. The number of hydrogen-bond acceptors (Lipinski definition) is 5. The first kappa shape index (κ1) is 19.2. The Balaban J connectivity index is 1.60. The number of amides is 1. The van der Waals surface area contributed by atoms with Gasteiger partial charge in [-0.3, -0.25) is 9.52 Å². The van der Waals surface area contributed by atoms with Crippen molar-refractivity contribution < 1.29 is 22.0 Å². The van der Waals surface area contributed by atoms with Gasteiger partial charge in [-0.2, -0.15) is 12.7 Å². The van der Waals surface area contributed by atoms with E-state index >= 15 is 0 Å². The number of benzene rings is 1. The lowest BCUT2D eigenvalue weighted by molar-refractivity contribution is 0.102. The zero-order valence-corrected chi connectivity index (χ0v) is 15.8. The average molecular weight is 422 g/mol. The van der Waals surface area contributed by atoms with E-state index in [1.807, 2.05) is 0 Å². The van der Waals surface area contributed by atoms with E-state index in [-0.39, 0.29) is 5.56 Å². The molecule has 1 fully saturated rings. The second-order valence-corrected chi connectivity index (χ2v) is 8.12. The van der Waals surface area contributed by atoms with E-state index in [4.69, 9.17) is 0 Å². The molecule has 4 rings (SSSR count). The lowest BCUT2D eigenvalue weighted by Gasteiger charge is -2.18. The minimum Gasteiger partial charge on any atom is -0.343 e. The van der Waals surface area contributed by atoms with E-state index in [9.17, 15) is 22.0 Å². The van der Waals surface area contributed by atoms with Crippen LogP contribution in [0.5, 0.6) is 0 Å². The van der Waals surface area contributed by atoms with Crippen LogP contribution >= 0.6 is 0 Å². The number of hydrogen-bond donors (Lipinski definition) is 3. The molecule has 1 aromatic carbocycles. The van der Waals surface area contributed by atoms with Crippen molar-refractivity contribution in [2.24, 2.45) is 0 Å². The summed E-state index contributed by atoms with van der Waals surface area (Å²) < 4.78 is 56.9. The number of nitrogens with one attached hydrogen (secondary N) is 3. The highest BCUT2D eigenvalue weighted by molar-refractivity contribution is 7.90. The van der Waals surface area contributed by atoms with Crippen LogP contribution in [0.3, 0.4) is 0 Å². The number of imidazole rings is 1. The summed E-state index contributed by atoms with van der Waals surface area (Å²) in [7, 11) is -3.98. The molecular weight excluding hydrogens is 406 g/mol. The summed E-state index contributed by atoms with van der Waals surface area (Å²) in [5.74, 6) is -3.08. The van der Waals surface area contributed by atoms with Gasteiger partial charge in [-0.05, 0) is 31.0 Å². The molecule has 3 aromatic rings. The summed E-state index contributed by atoms with van der Waals surface area (Å²) >= 11 is 0. The van der Waals surface area contributed by atoms with Gasteiger partial charge >= 0.3 is 10.2 Å². The summed E-state index contributed by atoms with van der Waals surface area (Å²) in [6.45, 7) is 0.648. The zero-order chi connectivity index (χ0) is 20.6. The first-order valence-corrected chi connectivity index (χ1v) is 10.2. The summed E-state index contributed by atoms with van der Waals surface area (Å²) in [4.78, 5) is 23.1. The minimum absolute atomic E-state index is 0.0450. The molecule has 0 atom stereocenters. The van der Waals surface area contributed by atoms with Crippen molar-refractivity contribution in [3.05, 3.63) is 47.9 Å². The van der Waals surface area contributed by atoms with Crippen molar-refractivity contribution in [1.29, 1.82) is 0 Å². The largest absolute Gasteiger partial charge is 0.343 e. The number of carbonyl (C=O) groups excluding carboxylic acids is 1. The number of rotatable bonds is 5. The molecule has 29 heavy (non-hydrogen) atoms. The monoisotopic (exact) mass is 422 g/mol. The lowest BCUT2D eigenvalue weighted by atomic mass is 10.2. The third-order valence-electron chi connectivity index (χ3n) is 4.51. The molecule has 0 saturated carbocycles. The second-order valence-electron chi connectivity index (χ2n) is 6.45. The van der Waals surface area contributed by atoms with Crippen molar-refractivity contribution >= 4 is 38.7 Å². The third kappa shape index (κ3) is 3.76. The molecule has 0 unspecified atom stereocenters. The number of halogens is 2. The molecule has 1 amide bonds. The van der Waals surface area contributed by atoms with Crippen LogP contribution in [-0.2, 0) is 10.2 Å². The van der Waals surface area contributed by atoms with Crippen LogP contribution in [0.2, 0.25) is 0 Å². The predicted molar refractivity (Wildman–Crippen MR) is 102 cm³/mol. The second kappa shape index (κ2) is 7.37. The standard InChI is InChI=1S/C17H16F2N6O3S/c18-11-3-4-12(24-29(27,28)25-5-1-2-6-25)14(19)15(11)23-17(26)10-7-13-16(20-8-10)22-9-21-13/h3-4,7-9,24H,1-2,5-6H2,(H,23,26)(H,20,21,22). The Morgan fingerprint density at radius 2 is 1.93 bits per heavy atom. The molecule has 12 heteroatoms. The highest BCUT2D eigenvalue weighted by Crippen LogP contribution is 2.28. The Morgan fingerprint density at radius 3 is 2.69 bits per heavy atom. The van der Waals surface area contributed by atoms with Gasteiger partial charge in [0.05, 0.1) is 23.1 Å². The quantitative estimate of drug-likeness (QED) is 0.583. The van der Waals surface area contributed by atoms with Gasteiger partial charge in [0.2, 0.25) is 0 Å². The third-order valence-corrected chi connectivity index (χ3v) is 6.03. The molecule has 3 heterocycles. The number of pyridine rings is 1. The molecule has 3 N–H and O–H groups in total. The van der Waals surface area contributed by atoms with Crippen molar-refractivity contribution in [3.63, 3.8) is 0 Å². The predicted octanol–water partition coefficient (Wildman–Crippen LogP) is 2.24. The SMILES string of the molecule is O=C(Nc1c(F)ccc(NS(=O)(=O)N2CCCC2)c1F)c1cnc2nc[nH]c2c1. The Morgan fingerprint density at radius 1 is 1.17 bits per heavy atom. The Hall–Kier alpha value is -3.12. The van der Waals surface area contributed by atoms with Crippen molar-refractivity contribution in [1.82, 2.24) is 19.3 Å². The van der Waals surface area contributed by atoms with E-state index in [1.165, 1.54) is 22.9 Å². The fraction of sp³-hybridized carbons (Fsp3) is 0.235. The van der Waals surface area contributed by atoms with Crippen LogP contribution in [0.25, 0.3) is 11.2 Å². The summed E-state index contributed by atoms with van der Waals surface area (Å²) in [6.07, 6.45) is 4.04. The number of carbonyl (C=O) groups is 1. The zero-order valence-electron chi connectivity index (χ0n) is 14.9. The first-order chi connectivity index (χ1) is 13.8. The van der Waals surface area contributed by atoms with Crippen LogP contribution < -0.4 is 10.0 Å². The number of aromatic amines is 1. The number of H-pyrrole nitrogens is 1. The number of fused-ring (bicyclic) bond motifs is 1. The van der Waals surface area contributed by atoms with Gasteiger partial charge in [-0.15, -0.1) is 0 Å². The van der Waals surface area contributed by atoms with Gasteiger partial charge in [-0.25, -0.2) is 18.7 Å². The highest BCUT2D eigenvalue weighted by atomic mass is 32.2. The molecule has 152 valence electrons. The van der Waals surface area contributed by atoms with Crippen LogP contribution in [-0.4, -0.2) is 46.7 Å². The fourth-order valence-electron chi connectivity index (χ4n) is 3.02. The van der Waals surface area contributed by atoms with Crippen LogP contribution in [0.4, 0.5) is 20.2 Å². The van der Waals surface area contributed by atoms with Crippen molar-refractivity contribution in [2.45, 2.75) is 12.8 Å². The molecule has 1 aliphatic heterocycles. The van der Waals surface area contributed by atoms with E-state index in [2.05, 4.69) is 25.0 Å². The maximum absolute atomic E-state index is 14.8. The van der Waals surface area contributed by atoms with Gasteiger partial charge in [0, 0.05) is 19.3 Å². The normalized spacial score (nSPS) is 15.0. The Kier molecular flexibility index (Phi) is 4.88. The van der Waals surface area contributed by atoms with E-state index in [0.29, 0.717) is 37.1 Å². The van der Waals surface area contributed by atoms with Gasteiger partial charge in [0.1, 0.15) is 11.5 Å². The van der Waals surface area contributed by atoms with Gasteiger partial charge in [-0.1, -0.05) is 0 Å². The molecule has 0 bridgehead atoms. The molecule has 0 spiro atoms.